The molecule has 1 aliphatic heterocycles. The molecule has 0 aromatic heterocycles. The van der Waals surface area contributed by atoms with Gasteiger partial charge in [-0.05, 0) is 103 Å². The Bertz CT molecular complexity index is 3130. The summed E-state index contributed by atoms with van der Waals surface area (Å²) >= 11 is 6.46. The Balaban J connectivity index is 0.00000420. The number of rotatable bonds is 15. The van der Waals surface area contributed by atoms with Crippen LogP contribution in [0.4, 0.5) is 34.1 Å². The summed E-state index contributed by atoms with van der Waals surface area (Å²) in [5, 5.41) is 38.8. The SMILES string of the molecule is CC(=O)Nc1cc(S(=O)(=O)[O-])cc2cc(SOO[O-])c(N=Nc3ccc(OC(C(=O)Nc4cc(S(=O)(=O)Nc5ccccc5Cl)ccc4C)C(=O)N4CCc5ccccc54)cc3)c(O)c12.[Na+].[Na+]. The van der Waals surface area contributed by atoms with Crippen LogP contribution in [0, 0.1) is 6.92 Å². The maximum absolute atomic E-state index is 14.3. The summed E-state index contributed by atoms with van der Waals surface area (Å²) in [6.45, 7) is 3.01. The largest absolute Gasteiger partial charge is 1.00 e. The van der Waals surface area contributed by atoms with Gasteiger partial charge in [0.2, 0.25) is 5.91 Å². The molecule has 1 unspecified atom stereocenters. The second kappa shape index (κ2) is 22.7. The van der Waals surface area contributed by atoms with Crippen LogP contribution < -0.4 is 89.4 Å². The van der Waals surface area contributed by atoms with Gasteiger partial charge in [0.25, 0.3) is 27.9 Å². The minimum absolute atomic E-state index is 0. The van der Waals surface area contributed by atoms with E-state index in [0.29, 0.717) is 17.7 Å². The Hall–Kier alpha value is -4.63. The zero-order valence-corrected chi connectivity index (χ0v) is 42.9. The number of hydrogen-bond donors (Lipinski definition) is 4. The van der Waals surface area contributed by atoms with E-state index in [0.717, 1.165) is 24.6 Å². The monoisotopic (exact) mass is 1010 g/mol. The van der Waals surface area contributed by atoms with Crippen molar-refractivity contribution in [1.29, 1.82) is 0 Å². The van der Waals surface area contributed by atoms with Crippen LogP contribution >= 0.6 is 23.6 Å². The number of fused-ring (bicyclic) bond motifs is 2. The number of phenols is 1. The number of aromatic hydroxyl groups is 1. The van der Waals surface area contributed by atoms with Gasteiger partial charge in [0.05, 0.1) is 48.8 Å². The second-order valence-corrected chi connectivity index (χ2v) is 18.3. The number of halogens is 1. The van der Waals surface area contributed by atoms with Gasteiger partial charge in [0.15, 0.2) is 5.75 Å². The first-order chi connectivity index (χ1) is 30.9. The van der Waals surface area contributed by atoms with Crippen molar-refractivity contribution in [2.24, 2.45) is 10.2 Å². The standard InChI is InChI=1S/C42H35ClN6O13S3.2Na/c1-23-11-16-29(64(55,56)48-32-9-5-4-8-31(32)43)21-33(23)45-41(52)40(42(53)49-18-17-25-7-3-6-10-35(25)49)60-28-14-12-27(13-15-28)46-47-38-36(63-62-61-54)20-26-19-30(65(57,58)59)22-34(44-24(2)50)37(26)39(38)51;;/h3-16,19-22,40,48,51,54H,17-18H2,1-2H3,(H,44,50)(H,45,52)(H,57,58,59);;/q;2*+1/p-2. The summed E-state index contributed by atoms with van der Waals surface area (Å²) in [6.07, 6.45) is -1.28. The van der Waals surface area contributed by atoms with Crippen molar-refractivity contribution in [1.82, 2.24) is 0 Å². The Labute approximate surface area is 436 Å². The molecule has 19 nitrogen and oxygen atoms in total. The van der Waals surface area contributed by atoms with Gasteiger partial charge in [-0.15, -0.1) is 5.11 Å². The molecule has 0 aliphatic carbocycles. The van der Waals surface area contributed by atoms with Gasteiger partial charge in [-0.3, -0.25) is 24.1 Å². The third-order valence-electron chi connectivity index (χ3n) is 9.74. The van der Waals surface area contributed by atoms with Crippen LogP contribution in [0.1, 0.15) is 18.1 Å². The Kier molecular flexibility index (Phi) is 18.0. The van der Waals surface area contributed by atoms with Crippen molar-refractivity contribution in [3.8, 4) is 11.5 Å². The van der Waals surface area contributed by atoms with Crippen LogP contribution in [0.2, 0.25) is 5.02 Å². The van der Waals surface area contributed by atoms with Gasteiger partial charge in [0, 0.05) is 30.2 Å². The molecule has 67 heavy (non-hydrogen) atoms. The van der Waals surface area contributed by atoms with E-state index in [1.165, 1.54) is 65.6 Å². The van der Waals surface area contributed by atoms with E-state index in [9.17, 15) is 46.1 Å². The van der Waals surface area contributed by atoms with Crippen LogP contribution in [0.15, 0.2) is 134 Å². The predicted molar refractivity (Wildman–Crippen MR) is 236 cm³/mol. The number of benzene rings is 6. The van der Waals surface area contributed by atoms with Gasteiger partial charge in [0.1, 0.15) is 21.6 Å². The first-order valence-corrected chi connectivity index (χ1v) is 22.9. The molecule has 0 saturated carbocycles. The number of azo groups is 1. The van der Waals surface area contributed by atoms with Gasteiger partial charge in [-0.2, -0.15) is 9.45 Å². The number of carbonyl (C=O) groups excluding carboxylic acids is 3. The van der Waals surface area contributed by atoms with E-state index < -0.39 is 54.6 Å². The van der Waals surface area contributed by atoms with Crippen molar-refractivity contribution in [3.63, 3.8) is 0 Å². The summed E-state index contributed by atoms with van der Waals surface area (Å²) in [6, 6.07) is 26.1. The number of sulfonamides is 1. The van der Waals surface area contributed by atoms with E-state index in [4.69, 9.17) is 16.3 Å². The third-order valence-corrected chi connectivity index (χ3v) is 12.9. The number of carbonyl (C=O) groups is 3. The fourth-order valence-electron chi connectivity index (χ4n) is 6.71. The summed E-state index contributed by atoms with van der Waals surface area (Å²) in [4.78, 5) is 40.8. The Morgan fingerprint density at radius 3 is 2.22 bits per heavy atom. The number of para-hydroxylation sites is 2. The average molecular weight is 1010 g/mol. The van der Waals surface area contributed by atoms with E-state index >= 15 is 0 Å². The molecule has 0 fully saturated rings. The Morgan fingerprint density at radius 2 is 1.54 bits per heavy atom. The third kappa shape index (κ3) is 12.5. The summed E-state index contributed by atoms with van der Waals surface area (Å²) in [7, 11) is -9.23. The zero-order chi connectivity index (χ0) is 46.6. The predicted octanol–water partition coefficient (Wildman–Crippen LogP) is 0.800. The number of nitrogens with one attached hydrogen (secondary N) is 3. The normalized spacial score (nSPS) is 12.7. The molecule has 0 bridgehead atoms. The number of anilines is 4. The fraction of sp³-hybridized carbons (Fsp3) is 0.119. The molecule has 4 N–H and O–H groups in total. The molecule has 7 rings (SSSR count). The van der Waals surface area contributed by atoms with Gasteiger partial charge >= 0.3 is 59.1 Å². The van der Waals surface area contributed by atoms with Crippen LogP contribution in [0.3, 0.4) is 0 Å². The minimum atomic E-state index is -5.04. The van der Waals surface area contributed by atoms with Gasteiger partial charge in [-0.25, -0.2) is 16.8 Å². The average Bonchev–Trinajstić information content (AvgIpc) is 3.70. The second-order valence-electron chi connectivity index (χ2n) is 14.1. The zero-order valence-electron chi connectivity index (χ0n) is 35.7. The van der Waals surface area contributed by atoms with Gasteiger partial charge in [-0.1, -0.05) is 48.0 Å². The fourth-order valence-corrected chi connectivity index (χ4v) is 9.08. The van der Waals surface area contributed by atoms with Crippen LogP contribution in [0.5, 0.6) is 11.5 Å². The molecule has 6 aromatic rings. The number of amides is 3. The molecule has 6 aromatic carbocycles. The molecule has 1 atom stereocenters. The van der Waals surface area contributed by atoms with Crippen molar-refractivity contribution >= 4 is 106 Å². The molecule has 1 heterocycles. The van der Waals surface area contributed by atoms with E-state index in [1.54, 1.807) is 31.2 Å². The van der Waals surface area contributed by atoms with E-state index in [-0.39, 0.29) is 137 Å². The molecule has 25 heteroatoms. The molecule has 3 amide bonds. The van der Waals surface area contributed by atoms with E-state index in [1.807, 2.05) is 12.1 Å². The van der Waals surface area contributed by atoms with Crippen LogP contribution in [-0.4, -0.2) is 56.9 Å². The smallest absolute Gasteiger partial charge is 0.744 e. The van der Waals surface area contributed by atoms with Crippen molar-refractivity contribution in [2.45, 2.75) is 41.1 Å². The number of hydrogen-bond acceptors (Lipinski definition) is 16. The molecular formula is C42H33ClN6Na2O13S3. The van der Waals surface area contributed by atoms with Crippen molar-refractivity contribution < 1.29 is 119 Å². The van der Waals surface area contributed by atoms with Crippen LogP contribution in [-0.2, 0) is 50.3 Å². The molecular weight excluding hydrogens is 974 g/mol. The quantitative estimate of drug-likeness (QED) is 0.0211. The maximum atomic E-state index is 14.3. The van der Waals surface area contributed by atoms with Crippen molar-refractivity contribution in [3.05, 3.63) is 125 Å². The topological polar surface area (TPSA) is 278 Å². The number of nitrogens with zero attached hydrogens (tertiary/aromatic N) is 3. The molecule has 336 valence electrons. The molecule has 1 aliphatic rings. The number of aryl methyl sites for hydroxylation is 1. The minimum Gasteiger partial charge on any atom is -0.744 e. The summed E-state index contributed by atoms with van der Waals surface area (Å²) in [5.41, 5.74) is 1.72. The Morgan fingerprint density at radius 1 is 0.851 bits per heavy atom. The molecule has 0 saturated heterocycles. The molecule has 0 spiro atoms. The summed E-state index contributed by atoms with van der Waals surface area (Å²) < 4.78 is 75.4. The molecule has 0 radical (unpaired) electrons. The van der Waals surface area contributed by atoms with Crippen LogP contribution in [0.25, 0.3) is 10.8 Å². The number of phenolic OH excluding ortho intramolecular Hbond substituents is 1. The van der Waals surface area contributed by atoms with E-state index in [2.05, 4.69) is 35.0 Å². The maximum Gasteiger partial charge on any atom is 1.00 e. The first-order valence-electron chi connectivity index (χ1n) is 18.9. The number of ether oxygens (including phenoxy) is 1. The first kappa shape index (κ1) is 53.3. The summed E-state index contributed by atoms with van der Waals surface area (Å²) in [5.74, 6) is -2.93. The van der Waals surface area contributed by atoms with Gasteiger partial charge < -0.3 is 35.2 Å². The van der Waals surface area contributed by atoms with Crippen molar-refractivity contribution in [2.75, 3.05) is 26.8 Å².